The van der Waals surface area contributed by atoms with E-state index in [9.17, 15) is 4.79 Å². The number of methoxy groups -OCH3 is 1. The van der Waals surface area contributed by atoms with Gasteiger partial charge in [-0.3, -0.25) is 4.90 Å². The molecule has 0 aliphatic carbocycles. The number of benzene rings is 3. The van der Waals surface area contributed by atoms with Crippen LogP contribution in [0, 0.1) is 0 Å². The van der Waals surface area contributed by atoms with E-state index in [0.29, 0.717) is 36.0 Å². The molecule has 3 aromatic carbocycles. The average molecular weight is 434 g/mol. The molecular weight excluding hydrogens is 414 g/mol. The Morgan fingerprint density at radius 3 is 2.55 bits per heavy atom. The molecule has 0 fully saturated rings. The average Bonchev–Trinajstić information content (AvgIpc) is 2.80. The van der Waals surface area contributed by atoms with Gasteiger partial charge in [-0.15, -0.1) is 0 Å². The molecule has 4 aromatic rings. The third kappa shape index (κ3) is 3.90. The normalized spacial score (nSPS) is 13.6. The van der Waals surface area contributed by atoms with Crippen molar-refractivity contribution in [3.05, 3.63) is 93.3 Å². The minimum atomic E-state index is -0.374. The van der Waals surface area contributed by atoms with Crippen molar-refractivity contribution in [2.75, 3.05) is 13.8 Å². The minimum absolute atomic E-state index is 0.374. The predicted molar refractivity (Wildman–Crippen MR) is 121 cm³/mol. The number of fused-ring (bicyclic) bond motifs is 3. The van der Waals surface area contributed by atoms with Crippen LogP contribution in [-0.2, 0) is 13.1 Å². The molecule has 5 nitrogen and oxygen atoms in total. The van der Waals surface area contributed by atoms with Crippen molar-refractivity contribution in [2.45, 2.75) is 13.1 Å². The van der Waals surface area contributed by atoms with E-state index in [2.05, 4.69) is 4.90 Å². The first-order valence-electron chi connectivity index (χ1n) is 9.94. The van der Waals surface area contributed by atoms with Gasteiger partial charge in [-0.1, -0.05) is 35.9 Å². The molecule has 1 aromatic heterocycles. The molecule has 0 bridgehead atoms. The molecule has 31 heavy (non-hydrogen) atoms. The summed E-state index contributed by atoms with van der Waals surface area (Å²) in [6, 6.07) is 20.9. The highest BCUT2D eigenvalue weighted by molar-refractivity contribution is 6.30. The first-order chi connectivity index (χ1) is 15.1. The summed E-state index contributed by atoms with van der Waals surface area (Å²) in [6.45, 7) is 1.80. The van der Waals surface area contributed by atoms with Gasteiger partial charge in [0.05, 0.1) is 18.2 Å². The Morgan fingerprint density at radius 2 is 1.81 bits per heavy atom. The molecule has 0 radical (unpaired) electrons. The molecule has 156 valence electrons. The molecule has 0 amide bonds. The van der Waals surface area contributed by atoms with Crippen LogP contribution in [0.15, 0.2) is 75.9 Å². The molecule has 0 N–H and O–H groups in total. The first-order valence-corrected chi connectivity index (χ1v) is 10.3. The van der Waals surface area contributed by atoms with Crippen LogP contribution in [0.5, 0.6) is 11.5 Å². The Balaban J connectivity index is 1.49. The summed E-state index contributed by atoms with van der Waals surface area (Å²) in [4.78, 5) is 15.0. The maximum Gasteiger partial charge on any atom is 0.344 e. The standard InChI is InChI=1S/C25H20ClNO4/c1-29-20-9-4-17(5-10-20)21-12-18-6-11-23-22(24(18)31-25(21)28)14-27(15-30-23)13-16-2-7-19(26)8-3-16/h2-12H,13-15H2,1H3. The van der Waals surface area contributed by atoms with E-state index >= 15 is 0 Å². The lowest BCUT2D eigenvalue weighted by Crippen LogP contribution is -2.31. The van der Waals surface area contributed by atoms with Gasteiger partial charge in [-0.05, 0) is 53.6 Å². The quantitative estimate of drug-likeness (QED) is 0.399. The highest BCUT2D eigenvalue weighted by Gasteiger charge is 2.22. The highest BCUT2D eigenvalue weighted by atomic mass is 35.5. The summed E-state index contributed by atoms with van der Waals surface area (Å²) in [6.07, 6.45) is 0. The highest BCUT2D eigenvalue weighted by Crippen LogP contribution is 2.34. The molecule has 6 heteroatoms. The predicted octanol–water partition coefficient (Wildman–Crippen LogP) is 5.47. The summed E-state index contributed by atoms with van der Waals surface area (Å²) in [5, 5.41) is 1.57. The fourth-order valence-electron chi connectivity index (χ4n) is 3.86. The van der Waals surface area contributed by atoms with Crippen molar-refractivity contribution in [1.82, 2.24) is 4.90 Å². The molecule has 1 aliphatic heterocycles. The third-order valence-electron chi connectivity index (χ3n) is 5.47. The largest absolute Gasteiger partial charge is 0.497 e. The van der Waals surface area contributed by atoms with E-state index in [4.69, 9.17) is 25.5 Å². The fourth-order valence-corrected chi connectivity index (χ4v) is 3.99. The summed E-state index contributed by atoms with van der Waals surface area (Å²) < 4.78 is 16.9. The van der Waals surface area contributed by atoms with Crippen molar-refractivity contribution in [3.63, 3.8) is 0 Å². The van der Waals surface area contributed by atoms with E-state index in [0.717, 1.165) is 33.6 Å². The Labute approximate surface area is 184 Å². The summed E-state index contributed by atoms with van der Waals surface area (Å²) in [5.74, 6) is 1.49. The Hall–Kier alpha value is -3.28. The lowest BCUT2D eigenvalue weighted by Gasteiger charge is -2.29. The molecule has 0 unspecified atom stereocenters. The number of hydrogen-bond donors (Lipinski definition) is 0. The number of ether oxygens (including phenoxy) is 2. The van der Waals surface area contributed by atoms with Gasteiger partial charge in [0.2, 0.25) is 0 Å². The molecule has 2 heterocycles. The maximum atomic E-state index is 12.8. The van der Waals surface area contributed by atoms with Gasteiger partial charge < -0.3 is 13.9 Å². The van der Waals surface area contributed by atoms with Gasteiger partial charge >= 0.3 is 5.63 Å². The number of nitrogens with zero attached hydrogens (tertiary/aromatic N) is 1. The third-order valence-corrected chi connectivity index (χ3v) is 5.72. The van der Waals surface area contributed by atoms with Crippen LogP contribution in [0.4, 0.5) is 0 Å². The van der Waals surface area contributed by atoms with Gasteiger partial charge in [0, 0.05) is 23.5 Å². The number of hydrogen-bond acceptors (Lipinski definition) is 5. The zero-order valence-electron chi connectivity index (χ0n) is 16.9. The molecular formula is C25H20ClNO4. The zero-order chi connectivity index (χ0) is 21.4. The van der Waals surface area contributed by atoms with E-state index < -0.39 is 0 Å². The number of rotatable bonds is 4. The van der Waals surface area contributed by atoms with Gasteiger partial charge in [-0.2, -0.15) is 0 Å². The lowest BCUT2D eigenvalue weighted by molar-refractivity contribution is 0.0890. The van der Waals surface area contributed by atoms with Crippen molar-refractivity contribution in [3.8, 4) is 22.6 Å². The maximum absolute atomic E-state index is 12.8. The van der Waals surface area contributed by atoms with E-state index in [1.54, 1.807) is 7.11 Å². The van der Waals surface area contributed by atoms with E-state index in [1.165, 1.54) is 0 Å². The summed E-state index contributed by atoms with van der Waals surface area (Å²) in [7, 11) is 1.61. The second-order valence-electron chi connectivity index (χ2n) is 7.52. The SMILES string of the molecule is COc1ccc(-c2cc3ccc4c(c3oc2=O)CN(Cc2ccc(Cl)cc2)CO4)cc1. The van der Waals surface area contributed by atoms with Crippen LogP contribution in [0.2, 0.25) is 5.02 Å². The molecule has 5 rings (SSSR count). The minimum Gasteiger partial charge on any atom is -0.497 e. The smallest absolute Gasteiger partial charge is 0.344 e. The van der Waals surface area contributed by atoms with Crippen molar-refractivity contribution < 1.29 is 13.9 Å². The van der Waals surface area contributed by atoms with Gasteiger partial charge in [0.25, 0.3) is 0 Å². The lowest BCUT2D eigenvalue weighted by atomic mass is 10.0. The zero-order valence-corrected chi connectivity index (χ0v) is 17.7. The Kier molecular flexibility index (Phi) is 5.14. The Bertz CT molecular complexity index is 1300. The van der Waals surface area contributed by atoms with Gasteiger partial charge in [0.1, 0.15) is 23.8 Å². The van der Waals surface area contributed by atoms with Crippen LogP contribution >= 0.6 is 11.6 Å². The molecule has 0 atom stereocenters. The number of halogens is 1. The monoisotopic (exact) mass is 433 g/mol. The van der Waals surface area contributed by atoms with Gasteiger partial charge in [0.15, 0.2) is 0 Å². The van der Waals surface area contributed by atoms with Crippen molar-refractivity contribution in [1.29, 1.82) is 0 Å². The van der Waals surface area contributed by atoms with Crippen LogP contribution in [0.25, 0.3) is 22.1 Å². The fraction of sp³-hybridized carbons (Fsp3) is 0.160. The second kappa shape index (κ2) is 8.10. The van der Waals surface area contributed by atoms with Crippen molar-refractivity contribution >= 4 is 22.6 Å². The second-order valence-corrected chi connectivity index (χ2v) is 7.96. The Morgan fingerprint density at radius 1 is 1.03 bits per heavy atom. The van der Waals surface area contributed by atoms with Crippen LogP contribution < -0.4 is 15.1 Å². The first kappa shape index (κ1) is 19.7. The summed E-state index contributed by atoms with van der Waals surface area (Å²) in [5.41, 5.74) is 3.53. The molecule has 0 saturated carbocycles. The van der Waals surface area contributed by atoms with Gasteiger partial charge in [-0.25, -0.2) is 4.79 Å². The van der Waals surface area contributed by atoms with E-state index in [-0.39, 0.29) is 5.63 Å². The topological polar surface area (TPSA) is 51.9 Å². The molecule has 0 spiro atoms. The molecule has 0 saturated heterocycles. The van der Waals surface area contributed by atoms with Crippen LogP contribution in [0.3, 0.4) is 0 Å². The van der Waals surface area contributed by atoms with E-state index in [1.807, 2.05) is 66.7 Å². The van der Waals surface area contributed by atoms with Crippen LogP contribution in [-0.4, -0.2) is 18.7 Å². The van der Waals surface area contributed by atoms with Crippen LogP contribution in [0.1, 0.15) is 11.1 Å². The summed E-state index contributed by atoms with van der Waals surface area (Å²) >= 11 is 5.99. The molecule has 1 aliphatic rings. The van der Waals surface area contributed by atoms with Crippen molar-refractivity contribution in [2.24, 2.45) is 0 Å².